The summed E-state index contributed by atoms with van der Waals surface area (Å²) in [6.07, 6.45) is 3.07. The van der Waals surface area contributed by atoms with Crippen molar-refractivity contribution >= 4 is 15.7 Å². The van der Waals surface area contributed by atoms with E-state index in [-0.39, 0.29) is 17.5 Å². The highest BCUT2D eigenvalue weighted by Gasteiger charge is 2.34. The Labute approximate surface area is 120 Å². The number of aliphatic hydroxyl groups is 1. The summed E-state index contributed by atoms with van der Waals surface area (Å²) in [6.45, 7) is 2.50. The van der Waals surface area contributed by atoms with Crippen molar-refractivity contribution < 1.29 is 13.5 Å². The van der Waals surface area contributed by atoms with Gasteiger partial charge in [-0.25, -0.2) is 8.42 Å². The second-order valence-electron chi connectivity index (χ2n) is 5.30. The maximum Gasteiger partial charge on any atom is 0.243 e. The monoisotopic (exact) mass is 298 g/mol. The lowest BCUT2D eigenvalue weighted by Crippen LogP contribution is -2.35. The van der Waals surface area contributed by atoms with E-state index >= 15 is 0 Å². The minimum absolute atomic E-state index is 0.00493. The molecular weight excluding hydrogens is 276 g/mol. The molecular formula is C14H22N2O3S. The largest absolute Gasteiger partial charge is 0.398 e. The summed E-state index contributed by atoms with van der Waals surface area (Å²) in [5.74, 6) is 0. The van der Waals surface area contributed by atoms with Crippen LogP contribution in [0.25, 0.3) is 0 Å². The molecule has 0 saturated carbocycles. The van der Waals surface area contributed by atoms with Crippen molar-refractivity contribution in [2.45, 2.75) is 43.5 Å². The third kappa shape index (κ3) is 2.97. The molecule has 1 aromatic rings. The summed E-state index contributed by atoms with van der Waals surface area (Å²) >= 11 is 0. The average molecular weight is 298 g/mol. The van der Waals surface area contributed by atoms with Gasteiger partial charge in [0.05, 0.1) is 4.90 Å². The minimum Gasteiger partial charge on any atom is -0.398 e. The van der Waals surface area contributed by atoms with Gasteiger partial charge in [-0.2, -0.15) is 4.31 Å². The first kappa shape index (κ1) is 15.3. The van der Waals surface area contributed by atoms with E-state index in [1.807, 2.05) is 6.92 Å². The molecule has 1 aliphatic heterocycles. The molecule has 1 saturated heterocycles. The fraction of sp³-hybridized carbons (Fsp3) is 0.571. The Morgan fingerprint density at radius 3 is 2.85 bits per heavy atom. The Kier molecular flexibility index (Phi) is 4.67. The zero-order valence-electron chi connectivity index (χ0n) is 11.7. The summed E-state index contributed by atoms with van der Waals surface area (Å²) in [5, 5.41) is 8.92. The standard InChI is InChI=1S/C14H22N2O3S/c1-11-6-7-13(10-14(11)15)20(18,19)16-8-2-4-12(16)5-3-9-17/h6-7,10,12,17H,2-5,8-9,15H2,1H3. The summed E-state index contributed by atoms with van der Waals surface area (Å²) < 4.78 is 26.9. The van der Waals surface area contributed by atoms with Gasteiger partial charge < -0.3 is 10.8 Å². The molecule has 6 heteroatoms. The van der Waals surface area contributed by atoms with Crippen molar-refractivity contribution in [3.05, 3.63) is 23.8 Å². The van der Waals surface area contributed by atoms with Gasteiger partial charge in [-0.1, -0.05) is 6.07 Å². The predicted molar refractivity (Wildman–Crippen MR) is 78.8 cm³/mol. The van der Waals surface area contributed by atoms with Crippen LogP contribution in [-0.4, -0.2) is 37.0 Å². The fourth-order valence-corrected chi connectivity index (χ4v) is 4.41. The fourth-order valence-electron chi connectivity index (χ4n) is 2.66. The van der Waals surface area contributed by atoms with E-state index in [2.05, 4.69) is 0 Å². The summed E-state index contributed by atoms with van der Waals surface area (Å²) in [5.41, 5.74) is 7.19. The first-order chi connectivity index (χ1) is 9.46. The molecule has 3 N–H and O–H groups in total. The smallest absolute Gasteiger partial charge is 0.243 e. The minimum atomic E-state index is -3.49. The Morgan fingerprint density at radius 1 is 1.45 bits per heavy atom. The third-order valence-corrected chi connectivity index (χ3v) is 5.82. The first-order valence-corrected chi connectivity index (χ1v) is 8.39. The number of benzene rings is 1. The van der Waals surface area contributed by atoms with E-state index in [1.165, 1.54) is 6.07 Å². The predicted octanol–water partition coefficient (Wildman–Crippen LogP) is 1.50. The topological polar surface area (TPSA) is 83.6 Å². The number of nitrogens with two attached hydrogens (primary N) is 1. The van der Waals surface area contributed by atoms with Gasteiger partial charge in [0.2, 0.25) is 10.0 Å². The van der Waals surface area contributed by atoms with Gasteiger partial charge in [-0.05, 0) is 50.3 Å². The van der Waals surface area contributed by atoms with Gasteiger partial charge >= 0.3 is 0 Å². The van der Waals surface area contributed by atoms with E-state index in [1.54, 1.807) is 16.4 Å². The van der Waals surface area contributed by atoms with E-state index < -0.39 is 10.0 Å². The van der Waals surface area contributed by atoms with E-state index in [4.69, 9.17) is 10.8 Å². The van der Waals surface area contributed by atoms with Gasteiger partial charge in [-0.15, -0.1) is 0 Å². The van der Waals surface area contributed by atoms with Crippen LogP contribution in [0.5, 0.6) is 0 Å². The van der Waals surface area contributed by atoms with E-state index in [0.717, 1.165) is 18.4 Å². The molecule has 0 amide bonds. The molecule has 0 bridgehead atoms. The van der Waals surface area contributed by atoms with Gasteiger partial charge in [0.25, 0.3) is 0 Å². The molecule has 0 spiro atoms. The molecule has 1 atom stereocenters. The number of sulfonamides is 1. The first-order valence-electron chi connectivity index (χ1n) is 6.95. The quantitative estimate of drug-likeness (QED) is 0.807. The highest BCUT2D eigenvalue weighted by atomic mass is 32.2. The van der Waals surface area contributed by atoms with Crippen LogP contribution in [0.3, 0.4) is 0 Å². The van der Waals surface area contributed by atoms with Gasteiger partial charge in [-0.3, -0.25) is 0 Å². The lowest BCUT2D eigenvalue weighted by molar-refractivity contribution is 0.264. The second-order valence-corrected chi connectivity index (χ2v) is 7.19. The maximum absolute atomic E-state index is 12.7. The number of aliphatic hydroxyl groups excluding tert-OH is 1. The van der Waals surface area contributed by atoms with E-state index in [0.29, 0.717) is 25.1 Å². The number of anilines is 1. The molecule has 1 aromatic carbocycles. The molecule has 1 unspecified atom stereocenters. The Balaban J connectivity index is 2.26. The summed E-state index contributed by atoms with van der Waals surface area (Å²) in [6, 6.07) is 4.88. The van der Waals surface area contributed by atoms with Crippen LogP contribution in [0.15, 0.2) is 23.1 Å². The van der Waals surface area contributed by atoms with Crippen LogP contribution in [-0.2, 0) is 10.0 Å². The number of hydrogen-bond acceptors (Lipinski definition) is 4. The zero-order chi connectivity index (χ0) is 14.8. The summed E-state index contributed by atoms with van der Waals surface area (Å²) in [7, 11) is -3.49. The Morgan fingerprint density at radius 2 is 2.20 bits per heavy atom. The lowest BCUT2D eigenvalue weighted by atomic mass is 10.1. The number of rotatable bonds is 5. The van der Waals surface area contributed by atoms with E-state index in [9.17, 15) is 8.42 Å². The SMILES string of the molecule is Cc1ccc(S(=O)(=O)N2CCCC2CCCO)cc1N. The zero-order valence-corrected chi connectivity index (χ0v) is 12.6. The number of hydrogen-bond donors (Lipinski definition) is 2. The van der Waals surface area contributed by atoms with Crippen LogP contribution in [0.2, 0.25) is 0 Å². The van der Waals surface area contributed by atoms with Crippen molar-refractivity contribution in [1.29, 1.82) is 0 Å². The highest BCUT2D eigenvalue weighted by molar-refractivity contribution is 7.89. The molecule has 0 radical (unpaired) electrons. The van der Waals surface area contributed by atoms with Crippen LogP contribution in [0, 0.1) is 6.92 Å². The van der Waals surface area contributed by atoms with Crippen molar-refractivity contribution in [3.63, 3.8) is 0 Å². The number of nitrogen functional groups attached to an aromatic ring is 1. The number of nitrogens with zero attached hydrogens (tertiary/aromatic N) is 1. The van der Waals surface area contributed by atoms with Gasteiger partial charge in [0, 0.05) is 24.9 Å². The molecule has 0 aliphatic carbocycles. The van der Waals surface area contributed by atoms with Crippen LogP contribution in [0.1, 0.15) is 31.2 Å². The van der Waals surface area contributed by atoms with Crippen LogP contribution >= 0.6 is 0 Å². The van der Waals surface area contributed by atoms with Crippen LogP contribution in [0.4, 0.5) is 5.69 Å². The Bertz CT molecular complexity index is 572. The second kappa shape index (κ2) is 6.11. The van der Waals surface area contributed by atoms with Crippen molar-refractivity contribution in [1.82, 2.24) is 4.31 Å². The third-order valence-electron chi connectivity index (χ3n) is 3.88. The normalized spacial score (nSPS) is 20.4. The van der Waals surface area contributed by atoms with Crippen molar-refractivity contribution in [2.24, 2.45) is 0 Å². The summed E-state index contributed by atoms with van der Waals surface area (Å²) in [4.78, 5) is 0.261. The molecule has 112 valence electrons. The molecule has 1 aliphatic rings. The van der Waals surface area contributed by atoms with Crippen molar-refractivity contribution in [2.75, 3.05) is 18.9 Å². The maximum atomic E-state index is 12.7. The Hall–Kier alpha value is -1.11. The molecule has 5 nitrogen and oxygen atoms in total. The van der Waals surface area contributed by atoms with Crippen LogP contribution < -0.4 is 5.73 Å². The van der Waals surface area contributed by atoms with Gasteiger partial charge in [0.15, 0.2) is 0 Å². The molecule has 1 heterocycles. The molecule has 20 heavy (non-hydrogen) atoms. The average Bonchev–Trinajstić information content (AvgIpc) is 2.88. The van der Waals surface area contributed by atoms with Crippen molar-refractivity contribution in [3.8, 4) is 0 Å². The molecule has 0 aromatic heterocycles. The molecule has 1 fully saturated rings. The highest BCUT2D eigenvalue weighted by Crippen LogP contribution is 2.29. The molecule has 2 rings (SSSR count). The number of aryl methyl sites for hydroxylation is 1. The lowest BCUT2D eigenvalue weighted by Gasteiger charge is -2.24. The van der Waals surface area contributed by atoms with Gasteiger partial charge in [0.1, 0.15) is 0 Å².